The van der Waals surface area contributed by atoms with Crippen molar-refractivity contribution < 1.29 is 19.4 Å². The Morgan fingerprint density at radius 2 is 1.92 bits per heavy atom. The molecule has 1 unspecified atom stereocenters. The number of carbonyl (C=O) groups excluding carboxylic acids is 1. The van der Waals surface area contributed by atoms with Crippen molar-refractivity contribution in [1.82, 2.24) is 0 Å². The topological polar surface area (TPSA) is 63.6 Å². The van der Waals surface area contributed by atoms with E-state index in [0.29, 0.717) is 0 Å². The molecular formula is C8H13ClO4. The second-order valence-electron chi connectivity index (χ2n) is 3.60. The molecule has 0 radical (unpaired) electrons. The molecule has 0 aromatic heterocycles. The van der Waals surface area contributed by atoms with Gasteiger partial charge >= 0.3 is 11.9 Å². The molecule has 0 amide bonds. The van der Waals surface area contributed by atoms with Gasteiger partial charge in [0.05, 0.1) is 6.42 Å². The number of esters is 1. The highest BCUT2D eigenvalue weighted by Crippen LogP contribution is 2.11. The average molecular weight is 209 g/mol. The van der Waals surface area contributed by atoms with Gasteiger partial charge < -0.3 is 9.84 Å². The first-order chi connectivity index (χ1) is 5.72. The van der Waals surface area contributed by atoms with Gasteiger partial charge in [-0.2, -0.15) is 0 Å². The Balaban J connectivity index is 3.96. The van der Waals surface area contributed by atoms with Gasteiger partial charge in [-0.15, -0.1) is 11.6 Å². The predicted molar refractivity (Wildman–Crippen MR) is 47.7 cm³/mol. The van der Waals surface area contributed by atoms with Gasteiger partial charge in [0.1, 0.15) is 11.0 Å². The summed E-state index contributed by atoms with van der Waals surface area (Å²) in [4.78, 5) is 21.3. The van der Waals surface area contributed by atoms with Crippen molar-refractivity contribution >= 4 is 23.5 Å². The van der Waals surface area contributed by atoms with Crippen molar-refractivity contribution in [3.05, 3.63) is 0 Å². The highest BCUT2D eigenvalue weighted by atomic mass is 35.5. The summed E-state index contributed by atoms with van der Waals surface area (Å²) in [7, 11) is 0. The third-order valence-electron chi connectivity index (χ3n) is 1.03. The van der Waals surface area contributed by atoms with Crippen molar-refractivity contribution in [2.45, 2.75) is 38.2 Å². The Bertz CT molecular complexity index is 207. The van der Waals surface area contributed by atoms with E-state index in [1.165, 1.54) is 0 Å². The van der Waals surface area contributed by atoms with Gasteiger partial charge in [-0.3, -0.25) is 9.59 Å². The maximum Gasteiger partial charge on any atom is 0.322 e. The minimum Gasteiger partial charge on any atom is -0.480 e. The van der Waals surface area contributed by atoms with Gasteiger partial charge in [0.25, 0.3) is 0 Å². The van der Waals surface area contributed by atoms with Crippen LogP contribution in [0.2, 0.25) is 0 Å². The van der Waals surface area contributed by atoms with Gasteiger partial charge in [-0.05, 0) is 20.8 Å². The summed E-state index contributed by atoms with van der Waals surface area (Å²) in [5.41, 5.74) is -0.605. The van der Waals surface area contributed by atoms with Gasteiger partial charge in [-0.25, -0.2) is 0 Å². The zero-order chi connectivity index (χ0) is 10.6. The number of carbonyl (C=O) groups is 2. The Morgan fingerprint density at radius 1 is 1.46 bits per heavy atom. The molecule has 0 aliphatic rings. The number of aliphatic carboxylic acids is 1. The van der Waals surface area contributed by atoms with Crippen LogP contribution in [0.25, 0.3) is 0 Å². The van der Waals surface area contributed by atoms with Crippen LogP contribution in [-0.2, 0) is 14.3 Å². The fraction of sp³-hybridized carbons (Fsp3) is 0.750. The first-order valence-corrected chi connectivity index (χ1v) is 4.25. The van der Waals surface area contributed by atoms with Gasteiger partial charge in [0.2, 0.25) is 0 Å². The van der Waals surface area contributed by atoms with Crippen LogP contribution in [-0.4, -0.2) is 28.0 Å². The molecule has 0 bridgehead atoms. The zero-order valence-corrected chi connectivity index (χ0v) is 8.59. The third-order valence-corrected chi connectivity index (χ3v) is 1.37. The monoisotopic (exact) mass is 208 g/mol. The fourth-order valence-corrected chi connectivity index (χ4v) is 0.743. The Hall–Kier alpha value is -0.770. The predicted octanol–water partition coefficient (Wildman–Crippen LogP) is 1.41. The number of hydrogen-bond acceptors (Lipinski definition) is 3. The third kappa shape index (κ3) is 6.40. The average Bonchev–Trinajstić information content (AvgIpc) is 1.81. The Morgan fingerprint density at radius 3 is 2.23 bits per heavy atom. The van der Waals surface area contributed by atoms with Crippen LogP contribution < -0.4 is 0 Å². The zero-order valence-electron chi connectivity index (χ0n) is 7.83. The molecular weight excluding hydrogens is 196 g/mol. The van der Waals surface area contributed by atoms with Gasteiger partial charge in [-0.1, -0.05) is 0 Å². The number of ether oxygens (including phenoxy) is 1. The number of hydrogen-bond donors (Lipinski definition) is 1. The quantitative estimate of drug-likeness (QED) is 0.563. The van der Waals surface area contributed by atoms with E-state index in [1.807, 2.05) is 0 Å². The SMILES string of the molecule is CC(C)(C)OC(=O)CC(Cl)C(=O)O. The van der Waals surface area contributed by atoms with Crippen LogP contribution in [0.4, 0.5) is 0 Å². The van der Waals surface area contributed by atoms with E-state index < -0.39 is 22.9 Å². The van der Waals surface area contributed by atoms with E-state index in [-0.39, 0.29) is 6.42 Å². The maximum atomic E-state index is 11.0. The first kappa shape index (κ1) is 12.2. The molecule has 0 aliphatic carbocycles. The molecule has 0 aliphatic heterocycles. The normalized spacial score (nSPS) is 13.5. The number of alkyl halides is 1. The molecule has 4 nitrogen and oxygen atoms in total. The summed E-state index contributed by atoms with van der Waals surface area (Å²) in [6.07, 6.45) is -0.311. The smallest absolute Gasteiger partial charge is 0.322 e. The molecule has 0 fully saturated rings. The molecule has 1 atom stereocenters. The molecule has 5 heteroatoms. The first-order valence-electron chi connectivity index (χ1n) is 3.81. The minimum atomic E-state index is -1.22. The summed E-state index contributed by atoms with van der Waals surface area (Å²) in [5.74, 6) is -1.82. The lowest BCUT2D eigenvalue weighted by Crippen LogP contribution is -2.27. The lowest BCUT2D eigenvalue weighted by molar-refractivity contribution is -0.156. The minimum absolute atomic E-state index is 0.311. The van der Waals surface area contributed by atoms with E-state index in [9.17, 15) is 9.59 Å². The van der Waals surface area contributed by atoms with Crippen LogP contribution in [0.3, 0.4) is 0 Å². The van der Waals surface area contributed by atoms with Crippen molar-refractivity contribution in [2.24, 2.45) is 0 Å². The molecule has 13 heavy (non-hydrogen) atoms. The second kappa shape index (κ2) is 4.46. The lowest BCUT2D eigenvalue weighted by atomic mass is 10.2. The summed E-state index contributed by atoms with van der Waals surface area (Å²) < 4.78 is 4.87. The summed E-state index contributed by atoms with van der Waals surface area (Å²) >= 11 is 5.34. The molecule has 0 saturated heterocycles. The van der Waals surface area contributed by atoms with Crippen molar-refractivity contribution in [3.63, 3.8) is 0 Å². The van der Waals surface area contributed by atoms with E-state index in [2.05, 4.69) is 0 Å². The number of carboxylic acid groups (broad SMARTS) is 1. The molecule has 0 saturated carbocycles. The van der Waals surface area contributed by atoms with E-state index in [0.717, 1.165) is 0 Å². The molecule has 0 rings (SSSR count). The van der Waals surface area contributed by atoms with E-state index in [4.69, 9.17) is 21.4 Å². The molecule has 1 N–H and O–H groups in total. The van der Waals surface area contributed by atoms with Crippen molar-refractivity contribution in [3.8, 4) is 0 Å². The molecule has 0 aromatic rings. The molecule has 0 heterocycles. The van der Waals surface area contributed by atoms with Crippen molar-refractivity contribution in [2.75, 3.05) is 0 Å². The van der Waals surface area contributed by atoms with Crippen LogP contribution in [0.1, 0.15) is 27.2 Å². The maximum absolute atomic E-state index is 11.0. The van der Waals surface area contributed by atoms with Gasteiger partial charge in [0.15, 0.2) is 0 Å². The van der Waals surface area contributed by atoms with E-state index >= 15 is 0 Å². The summed E-state index contributed by atoms with van der Waals surface area (Å²) in [6.45, 7) is 5.11. The highest BCUT2D eigenvalue weighted by Gasteiger charge is 2.22. The second-order valence-corrected chi connectivity index (χ2v) is 4.12. The van der Waals surface area contributed by atoms with Gasteiger partial charge in [0, 0.05) is 0 Å². The molecule has 0 spiro atoms. The standard InChI is InChI=1S/C8H13ClO4/c1-8(2,3)13-6(10)4-5(9)7(11)12/h5H,4H2,1-3H3,(H,11,12). The largest absolute Gasteiger partial charge is 0.480 e. The number of carboxylic acids is 1. The van der Waals surface area contributed by atoms with Crippen LogP contribution in [0, 0.1) is 0 Å². The Kier molecular flexibility index (Phi) is 4.20. The highest BCUT2D eigenvalue weighted by molar-refractivity contribution is 6.30. The molecule has 0 aromatic carbocycles. The fourth-order valence-electron chi connectivity index (χ4n) is 0.617. The number of rotatable bonds is 3. The van der Waals surface area contributed by atoms with Crippen molar-refractivity contribution in [1.29, 1.82) is 0 Å². The van der Waals surface area contributed by atoms with Crippen LogP contribution in [0.5, 0.6) is 0 Å². The van der Waals surface area contributed by atoms with Crippen LogP contribution >= 0.6 is 11.6 Å². The van der Waals surface area contributed by atoms with Crippen LogP contribution in [0.15, 0.2) is 0 Å². The summed E-state index contributed by atoms with van der Waals surface area (Å²) in [6, 6.07) is 0. The number of halogens is 1. The van der Waals surface area contributed by atoms with E-state index in [1.54, 1.807) is 20.8 Å². The molecule has 76 valence electrons. The summed E-state index contributed by atoms with van der Waals surface area (Å²) in [5, 5.41) is 7.18. The Labute approximate surface area is 81.8 Å². The lowest BCUT2D eigenvalue weighted by Gasteiger charge is -2.19.